The molecule has 1 aromatic rings. The van der Waals surface area contributed by atoms with Gasteiger partial charge in [0, 0.05) is 39.3 Å². The van der Waals surface area contributed by atoms with E-state index in [0.29, 0.717) is 24.0 Å². The summed E-state index contributed by atoms with van der Waals surface area (Å²) in [7, 11) is 1.39. The maximum absolute atomic E-state index is 11.7. The molecule has 1 unspecified atom stereocenters. The van der Waals surface area contributed by atoms with E-state index >= 15 is 0 Å². The van der Waals surface area contributed by atoms with Crippen molar-refractivity contribution < 1.29 is 18.7 Å². The molecule has 3 heterocycles. The van der Waals surface area contributed by atoms with E-state index in [-0.39, 0.29) is 5.97 Å². The van der Waals surface area contributed by atoms with Gasteiger partial charge in [0.15, 0.2) is 0 Å². The number of furan rings is 1. The van der Waals surface area contributed by atoms with Crippen LogP contribution in [0.25, 0.3) is 0 Å². The number of rotatable bonds is 5. The van der Waals surface area contributed by atoms with E-state index in [4.69, 9.17) is 13.9 Å². The van der Waals surface area contributed by atoms with Crippen LogP contribution in [0, 0.1) is 0 Å². The fraction of sp³-hybridized carbons (Fsp3) is 0.688. The Morgan fingerprint density at radius 2 is 2.09 bits per heavy atom. The molecule has 0 bridgehead atoms. The third-order valence-electron chi connectivity index (χ3n) is 4.47. The maximum atomic E-state index is 11.7. The van der Waals surface area contributed by atoms with E-state index < -0.39 is 0 Å². The van der Waals surface area contributed by atoms with Crippen molar-refractivity contribution in [3.63, 3.8) is 0 Å². The zero-order chi connectivity index (χ0) is 15.4. The summed E-state index contributed by atoms with van der Waals surface area (Å²) in [4.78, 5) is 16.4. The first-order valence-electron chi connectivity index (χ1n) is 7.97. The number of carbonyl (C=O) groups is 1. The summed E-state index contributed by atoms with van der Waals surface area (Å²) < 4.78 is 15.9. The number of methoxy groups -OCH3 is 1. The summed E-state index contributed by atoms with van der Waals surface area (Å²) in [5.74, 6) is 0.361. The van der Waals surface area contributed by atoms with Gasteiger partial charge in [0.25, 0.3) is 0 Å². The molecule has 3 rings (SSSR count). The highest BCUT2D eigenvalue weighted by Crippen LogP contribution is 2.17. The zero-order valence-electron chi connectivity index (χ0n) is 13.1. The van der Waals surface area contributed by atoms with E-state index in [9.17, 15) is 4.79 Å². The van der Waals surface area contributed by atoms with Crippen molar-refractivity contribution in [1.29, 1.82) is 0 Å². The molecule has 22 heavy (non-hydrogen) atoms. The first kappa shape index (κ1) is 15.5. The molecule has 2 aliphatic rings. The lowest BCUT2D eigenvalue weighted by Crippen LogP contribution is -2.48. The molecular formula is C16H24N2O4. The molecule has 2 fully saturated rings. The van der Waals surface area contributed by atoms with Gasteiger partial charge in [-0.05, 0) is 18.9 Å². The quantitative estimate of drug-likeness (QED) is 0.766. The molecule has 0 radical (unpaired) electrons. The van der Waals surface area contributed by atoms with Crippen LogP contribution in [0.3, 0.4) is 0 Å². The van der Waals surface area contributed by atoms with E-state index in [1.54, 1.807) is 12.3 Å². The van der Waals surface area contributed by atoms with Crippen LogP contribution < -0.4 is 0 Å². The van der Waals surface area contributed by atoms with Crippen molar-refractivity contribution in [2.24, 2.45) is 0 Å². The predicted molar refractivity (Wildman–Crippen MR) is 80.7 cm³/mol. The van der Waals surface area contributed by atoms with Crippen molar-refractivity contribution in [2.75, 3.05) is 46.4 Å². The third-order valence-corrected chi connectivity index (χ3v) is 4.47. The minimum absolute atomic E-state index is 0.333. The van der Waals surface area contributed by atoms with Gasteiger partial charge in [0.1, 0.15) is 11.3 Å². The lowest BCUT2D eigenvalue weighted by molar-refractivity contribution is 0.0469. The second-order valence-corrected chi connectivity index (χ2v) is 5.96. The molecule has 0 N–H and O–H groups in total. The van der Waals surface area contributed by atoms with Crippen molar-refractivity contribution in [3.05, 3.63) is 23.7 Å². The average molecular weight is 308 g/mol. The Morgan fingerprint density at radius 1 is 1.32 bits per heavy atom. The van der Waals surface area contributed by atoms with E-state index in [1.807, 2.05) is 0 Å². The summed E-state index contributed by atoms with van der Waals surface area (Å²) >= 11 is 0. The third kappa shape index (κ3) is 3.69. The number of nitrogens with zero attached hydrogens (tertiary/aromatic N) is 2. The summed E-state index contributed by atoms with van der Waals surface area (Å²) in [6.07, 6.45) is 4.35. The Bertz CT molecular complexity index is 488. The van der Waals surface area contributed by atoms with Crippen LogP contribution in [0.15, 0.2) is 16.7 Å². The highest BCUT2D eigenvalue weighted by atomic mass is 16.5. The molecule has 1 atom stereocenters. The Kier molecular flexibility index (Phi) is 5.12. The average Bonchev–Trinajstić information content (AvgIpc) is 3.20. The van der Waals surface area contributed by atoms with Gasteiger partial charge in [-0.1, -0.05) is 0 Å². The van der Waals surface area contributed by atoms with Crippen LogP contribution in [0.5, 0.6) is 0 Å². The number of piperazine rings is 1. The molecule has 2 saturated heterocycles. The highest BCUT2D eigenvalue weighted by Gasteiger charge is 2.24. The van der Waals surface area contributed by atoms with Crippen molar-refractivity contribution in [1.82, 2.24) is 9.80 Å². The fourth-order valence-corrected chi connectivity index (χ4v) is 3.16. The first-order chi connectivity index (χ1) is 10.8. The normalized spacial score (nSPS) is 23.8. The summed E-state index contributed by atoms with van der Waals surface area (Å²) in [5.41, 5.74) is 0.532. The Balaban J connectivity index is 1.47. The van der Waals surface area contributed by atoms with Gasteiger partial charge in [-0.15, -0.1) is 0 Å². The fourth-order valence-electron chi connectivity index (χ4n) is 3.16. The van der Waals surface area contributed by atoms with Crippen LogP contribution in [0.2, 0.25) is 0 Å². The number of hydrogen-bond acceptors (Lipinski definition) is 6. The van der Waals surface area contributed by atoms with E-state index in [2.05, 4.69) is 9.80 Å². The topological polar surface area (TPSA) is 55.2 Å². The zero-order valence-corrected chi connectivity index (χ0v) is 13.1. The largest absolute Gasteiger partial charge is 0.467 e. The number of ether oxygens (including phenoxy) is 2. The minimum atomic E-state index is -0.333. The van der Waals surface area contributed by atoms with Crippen LogP contribution in [-0.2, 0) is 16.0 Å². The summed E-state index contributed by atoms with van der Waals surface area (Å²) in [6, 6.07) is 1.68. The van der Waals surface area contributed by atoms with E-state index in [0.717, 1.165) is 39.3 Å². The van der Waals surface area contributed by atoms with Crippen LogP contribution in [-0.4, -0.2) is 68.3 Å². The molecule has 6 nitrogen and oxygen atoms in total. The molecule has 122 valence electrons. The number of carbonyl (C=O) groups excluding carboxylic acids is 1. The molecule has 2 aliphatic heterocycles. The molecule has 6 heteroatoms. The van der Waals surface area contributed by atoms with Crippen molar-refractivity contribution in [2.45, 2.75) is 25.5 Å². The summed E-state index contributed by atoms with van der Waals surface area (Å²) in [5, 5.41) is 0. The van der Waals surface area contributed by atoms with Gasteiger partial charge < -0.3 is 13.9 Å². The molecule has 0 amide bonds. The van der Waals surface area contributed by atoms with Gasteiger partial charge in [-0.3, -0.25) is 9.80 Å². The van der Waals surface area contributed by atoms with Crippen molar-refractivity contribution in [3.8, 4) is 0 Å². The van der Waals surface area contributed by atoms with Gasteiger partial charge in [0.05, 0.1) is 26.0 Å². The number of esters is 1. The molecule has 0 aliphatic carbocycles. The number of hydrogen-bond donors (Lipinski definition) is 0. The Labute approximate surface area is 131 Å². The molecule has 0 spiro atoms. The Morgan fingerprint density at radius 3 is 2.77 bits per heavy atom. The highest BCUT2D eigenvalue weighted by molar-refractivity contribution is 5.90. The van der Waals surface area contributed by atoms with Crippen LogP contribution in [0.1, 0.15) is 29.0 Å². The molecule has 1 aromatic heterocycles. The Hall–Kier alpha value is -1.37. The maximum Gasteiger partial charge on any atom is 0.341 e. The lowest BCUT2D eigenvalue weighted by Gasteiger charge is -2.35. The SMILES string of the molecule is COC(=O)c1ccoc1CN1CCN(CC2CCCO2)CC1. The van der Waals surface area contributed by atoms with Gasteiger partial charge in [-0.25, -0.2) is 4.79 Å². The molecule has 0 saturated carbocycles. The minimum Gasteiger partial charge on any atom is -0.467 e. The monoisotopic (exact) mass is 308 g/mol. The van der Waals surface area contributed by atoms with Gasteiger partial charge in [0.2, 0.25) is 0 Å². The molecule has 0 aromatic carbocycles. The second-order valence-electron chi connectivity index (χ2n) is 5.96. The van der Waals surface area contributed by atoms with Crippen LogP contribution >= 0.6 is 0 Å². The standard InChI is InChI=1S/C16H24N2O4/c1-20-16(19)14-4-10-22-15(14)12-18-7-5-17(6-8-18)11-13-3-2-9-21-13/h4,10,13H,2-3,5-9,11-12H2,1H3. The van der Waals surface area contributed by atoms with Crippen LogP contribution in [0.4, 0.5) is 0 Å². The molecular weight excluding hydrogens is 284 g/mol. The van der Waals surface area contributed by atoms with Crippen molar-refractivity contribution >= 4 is 5.97 Å². The first-order valence-corrected chi connectivity index (χ1v) is 7.97. The van der Waals surface area contributed by atoms with Gasteiger partial charge in [-0.2, -0.15) is 0 Å². The van der Waals surface area contributed by atoms with Gasteiger partial charge >= 0.3 is 5.97 Å². The lowest BCUT2D eigenvalue weighted by atomic mass is 10.2. The summed E-state index contributed by atoms with van der Waals surface area (Å²) in [6.45, 7) is 6.65. The second kappa shape index (κ2) is 7.26. The van der Waals surface area contributed by atoms with E-state index in [1.165, 1.54) is 20.0 Å². The smallest absolute Gasteiger partial charge is 0.341 e. The predicted octanol–water partition coefficient (Wildman–Crippen LogP) is 1.36.